The molecular formula is C14H19N3O4. The first kappa shape index (κ1) is 15.2. The van der Waals surface area contributed by atoms with E-state index in [-0.39, 0.29) is 23.0 Å². The van der Waals surface area contributed by atoms with E-state index < -0.39 is 10.3 Å². The second-order valence-electron chi connectivity index (χ2n) is 5.37. The predicted octanol–water partition coefficient (Wildman–Crippen LogP) is 2.02. The van der Waals surface area contributed by atoms with Crippen molar-refractivity contribution in [2.24, 2.45) is 5.41 Å². The molecule has 0 aliphatic carbocycles. The zero-order chi connectivity index (χ0) is 15.5. The number of amides is 1. The number of nitrogens with zero attached hydrogens (tertiary/aromatic N) is 1. The van der Waals surface area contributed by atoms with Gasteiger partial charge >= 0.3 is 0 Å². The van der Waals surface area contributed by atoms with Crippen LogP contribution < -0.4 is 10.6 Å². The fourth-order valence-corrected chi connectivity index (χ4v) is 2.77. The molecule has 0 saturated carbocycles. The van der Waals surface area contributed by atoms with Gasteiger partial charge in [-0.15, -0.1) is 0 Å². The molecule has 21 heavy (non-hydrogen) atoms. The zero-order valence-electron chi connectivity index (χ0n) is 11.9. The lowest BCUT2D eigenvalue weighted by molar-refractivity contribution is -0.384. The van der Waals surface area contributed by atoms with Gasteiger partial charge in [-0.1, -0.05) is 13.3 Å². The largest absolute Gasteiger partial charge is 0.508 e. The van der Waals surface area contributed by atoms with Crippen LogP contribution in [0, 0.1) is 15.5 Å². The first-order valence-electron chi connectivity index (χ1n) is 6.98. The van der Waals surface area contributed by atoms with Gasteiger partial charge in [0.1, 0.15) is 11.4 Å². The summed E-state index contributed by atoms with van der Waals surface area (Å²) in [7, 11) is 0. The standard InChI is InChI=1S/C14H19N3O4/c1-2-5-14(6-7-15-9-14)13(19)16-11-4-3-10(18)8-12(11)17(20)21/h3-4,8,15,18H,2,5-7,9H2,1H3,(H,16,19). The number of anilines is 1. The molecular weight excluding hydrogens is 274 g/mol. The van der Waals surface area contributed by atoms with Crippen molar-refractivity contribution in [1.82, 2.24) is 5.32 Å². The first-order chi connectivity index (χ1) is 9.98. The molecule has 7 nitrogen and oxygen atoms in total. The van der Waals surface area contributed by atoms with Crippen LogP contribution in [0.2, 0.25) is 0 Å². The smallest absolute Gasteiger partial charge is 0.296 e. The van der Waals surface area contributed by atoms with E-state index in [0.717, 1.165) is 31.9 Å². The molecule has 1 heterocycles. The number of phenols is 1. The molecule has 1 fully saturated rings. The summed E-state index contributed by atoms with van der Waals surface area (Å²) in [6.45, 7) is 3.36. The van der Waals surface area contributed by atoms with Gasteiger partial charge in [0.2, 0.25) is 5.91 Å². The van der Waals surface area contributed by atoms with E-state index in [4.69, 9.17) is 0 Å². The van der Waals surface area contributed by atoms with Crippen molar-refractivity contribution in [3.05, 3.63) is 28.3 Å². The fourth-order valence-electron chi connectivity index (χ4n) is 2.77. The third-order valence-electron chi connectivity index (χ3n) is 3.88. The molecule has 114 valence electrons. The molecule has 1 aliphatic rings. The molecule has 2 rings (SSSR count). The molecule has 1 amide bonds. The molecule has 0 spiro atoms. The van der Waals surface area contributed by atoms with E-state index in [9.17, 15) is 20.0 Å². The van der Waals surface area contributed by atoms with Crippen molar-refractivity contribution in [3.8, 4) is 5.75 Å². The summed E-state index contributed by atoms with van der Waals surface area (Å²) in [5, 5.41) is 26.2. The molecule has 1 unspecified atom stereocenters. The number of carbonyl (C=O) groups is 1. The Balaban J connectivity index is 2.25. The highest BCUT2D eigenvalue weighted by molar-refractivity contribution is 5.97. The quantitative estimate of drug-likeness (QED) is 0.437. The minimum absolute atomic E-state index is 0.116. The molecule has 0 aromatic heterocycles. The zero-order valence-corrected chi connectivity index (χ0v) is 11.9. The number of nitro benzene ring substituents is 1. The van der Waals surface area contributed by atoms with E-state index in [1.54, 1.807) is 0 Å². The monoisotopic (exact) mass is 293 g/mol. The molecule has 7 heteroatoms. The maximum Gasteiger partial charge on any atom is 0.296 e. The lowest BCUT2D eigenvalue weighted by Gasteiger charge is -2.26. The van der Waals surface area contributed by atoms with Gasteiger partial charge < -0.3 is 15.7 Å². The maximum atomic E-state index is 12.6. The second kappa shape index (κ2) is 6.09. The summed E-state index contributed by atoms with van der Waals surface area (Å²) in [5.41, 5.74) is -0.702. The normalized spacial score (nSPS) is 21.2. The van der Waals surface area contributed by atoms with Crippen LogP contribution in [0.15, 0.2) is 18.2 Å². The highest BCUT2D eigenvalue weighted by atomic mass is 16.6. The molecule has 1 atom stereocenters. The highest BCUT2D eigenvalue weighted by Gasteiger charge is 2.40. The summed E-state index contributed by atoms with van der Waals surface area (Å²) >= 11 is 0. The van der Waals surface area contributed by atoms with E-state index >= 15 is 0 Å². The van der Waals surface area contributed by atoms with Gasteiger partial charge in [-0.25, -0.2) is 0 Å². The Morgan fingerprint density at radius 3 is 2.90 bits per heavy atom. The molecule has 1 saturated heterocycles. The van der Waals surface area contributed by atoms with Crippen molar-refractivity contribution < 1.29 is 14.8 Å². The Kier molecular flexibility index (Phi) is 4.42. The molecule has 0 radical (unpaired) electrons. The Labute approximate surface area is 122 Å². The number of hydrogen-bond donors (Lipinski definition) is 3. The van der Waals surface area contributed by atoms with Crippen molar-refractivity contribution in [2.45, 2.75) is 26.2 Å². The van der Waals surface area contributed by atoms with Gasteiger partial charge in [-0.3, -0.25) is 14.9 Å². The van der Waals surface area contributed by atoms with Gasteiger partial charge in [0, 0.05) is 6.54 Å². The van der Waals surface area contributed by atoms with Crippen molar-refractivity contribution >= 4 is 17.3 Å². The van der Waals surface area contributed by atoms with Crippen LogP contribution in [0.4, 0.5) is 11.4 Å². The van der Waals surface area contributed by atoms with E-state index in [0.29, 0.717) is 6.54 Å². The topological polar surface area (TPSA) is 104 Å². The lowest BCUT2D eigenvalue weighted by atomic mass is 9.81. The van der Waals surface area contributed by atoms with Crippen LogP contribution in [0.5, 0.6) is 5.75 Å². The number of nitro groups is 1. The molecule has 3 N–H and O–H groups in total. The summed E-state index contributed by atoms with van der Waals surface area (Å²) in [5.74, 6) is -0.409. The predicted molar refractivity (Wildman–Crippen MR) is 78.2 cm³/mol. The van der Waals surface area contributed by atoms with Crippen molar-refractivity contribution in [1.29, 1.82) is 0 Å². The number of hydrogen-bond acceptors (Lipinski definition) is 5. The SMILES string of the molecule is CCCC1(C(=O)Nc2ccc(O)cc2[N+](=O)[O-])CCNC1. The van der Waals surface area contributed by atoms with E-state index in [1.165, 1.54) is 12.1 Å². The van der Waals surface area contributed by atoms with Gasteiger partial charge in [0.15, 0.2) is 0 Å². The highest BCUT2D eigenvalue weighted by Crippen LogP contribution is 2.35. The fraction of sp³-hybridized carbons (Fsp3) is 0.500. The number of phenolic OH excluding ortho intramolecular Hbond substituents is 1. The summed E-state index contributed by atoms with van der Waals surface area (Å²) < 4.78 is 0. The third-order valence-corrected chi connectivity index (χ3v) is 3.88. The number of rotatable bonds is 5. The Morgan fingerprint density at radius 2 is 2.33 bits per heavy atom. The third kappa shape index (κ3) is 3.13. The van der Waals surface area contributed by atoms with Gasteiger partial charge in [0.25, 0.3) is 5.69 Å². The Hall–Kier alpha value is -2.15. The number of aromatic hydroxyl groups is 1. The first-order valence-corrected chi connectivity index (χ1v) is 6.98. The van der Waals surface area contributed by atoms with E-state index in [2.05, 4.69) is 10.6 Å². The number of nitrogens with one attached hydrogen (secondary N) is 2. The van der Waals surface area contributed by atoms with Gasteiger partial charge in [-0.05, 0) is 31.5 Å². The molecule has 1 aliphatic heterocycles. The van der Waals surface area contributed by atoms with Crippen LogP contribution in [-0.2, 0) is 4.79 Å². The maximum absolute atomic E-state index is 12.6. The minimum atomic E-state index is -0.616. The molecule has 0 bridgehead atoms. The van der Waals surface area contributed by atoms with Crippen LogP contribution in [0.1, 0.15) is 26.2 Å². The number of benzene rings is 1. The van der Waals surface area contributed by atoms with Crippen molar-refractivity contribution in [2.75, 3.05) is 18.4 Å². The number of carbonyl (C=O) groups excluding carboxylic acids is 1. The molecule has 1 aromatic rings. The summed E-state index contributed by atoms with van der Waals surface area (Å²) in [6, 6.07) is 3.71. The van der Waals surface area contributed by atoms with Crippen LogP contribution in [-0.4, -0.2) is 29.0 Å². The molecule has 1 aromatic carbocycles. The van der Waals surface area contributed by atoms with Gasteiger partial charge in [0.05, 0.1) is 16.4 Å². The second-order valence-corrected chi connectivity index (χ2v) is 5.37. The van der Waals surface area contributed by atoms with Crippen LogP contribution >= 0.6 is 0 Å². The van der Waals surface area contributed by atoms with Crippen LogP contribution in [0.3, 0.4) is 0 Å². The Bertz CT molecular complexity index is 553. The lowest BCUT2D eigenvalue weighted by Crippen LogP contribution is -2.38. The average molecular weight is 293 g/mol. The Morgan fingerprint density at radius 1 is 1.57 bits per heavy atom. The summed E-state index contributed by atoms with van der Waals surface area (Å²) in [6.07, 6.45) is 2.32. The van der Waals surface area contributed by atoms with E-state index in [1.807, 2.05) is 6.92 Å². The van der Waals surface area contributed by atoms with Gasteiger partial charge in [-0.2, -0.15) is 0 Å². The summed E-state index contributed by atoms with van der Waals surface area (Å²) in [4.78, 5) is 22.9. The van der Waals surface area contributed by atoms with Crippen LogP contribution in [0.25, 0.3) is 0 Å². The van der Waals surface area contributed by atoms with Crippen molar-refractivity contribution in [3.63, 3.8) is 0 Å². The average Bonchev–Trinajstić information content (AvgIpc) is 2.91. The minimum Gasteiger partial charge on any atom is -0.508 e.